The van der Waals surface area contributed by atoms with Gasteiger partial charge in [0.25, 0.3) is 0 Å². The maximum Gasteiger partial charge on any atom is 0.131 e. The summed E-state index contributed by atoms with van der Waals surface area (Å²) >= 11 is 5.70. The molecule has 0 bridgehead atoms. The fourth-order valence-electron chi connectivity index (χ4n) is 0.864. The summed E-state index contributed by atoms with van der Waals surface area (Å²) in [5, 5.41) is 12.5. The highest BCUT2D eigenvalue weighted by molar-refractivity contribution is 6.29. The van der Waals surface area contributed by atoms with E-state index in [2.05, 4.69) is 10.3 Å². The van der Waals surface area contributed by atoms with Crippen LogP contribution in [-0.2, 0) is 0 Å². The lowest BCUT2D eigenvalue weighted by molar-refractivity contribution is 0.234. The van der Waals surface area contributed by atoms with Crippen LogP contribution in [0, 0.1) is 0 Å². The smallest absolute Gasteiger partial charge is 0.131 e. The van der Waals surface area contributed by atoms with Crippen LogP contribution >= 0.6 is 11.6 Å². The van der Waals surface area contributed by atoms with Crippen molar-refractivity contribution < 1.29 is 5.11 Å². The maximum atomic E-state index is 9.00. The molecule has 0 aliphatic carbocycles. The molecule has 2 N–H and O–H groups in total. The van der Waals surface area contributed by atoms with Crippen molar-refractivity contribution in [3.8, 4) is 0 Å². The number of pyridine rings is 1. The van der Waals surface area contributed by atoms with Gasteiger partial charge in [0.2, 0.25) is 0 Å². The lowest BCUT2D eigenvalue weighted by Crippen LogP contribution is -2.35. The van der Waals surface area contributed by atoms with Gasteiger partial charge in [-0.25, -0.2) is 4.98 Å². The molecule has 3 nitrogen and oxygen atoms in total. The Kier molecular flexibility index (Phi) is 3.12. The molecule has 0 radical (unpaired) electrons. The number of hydrogen-bond acceptors (Lipinski definition) is 3. The predicted molar refractivity (Wildman–Crippen MR) is 54.0 cm³/mol. The fraction of sp³-hybridized carbons (Fsp3) is 0.444. The molecule has 0 unspecified atom stereocenters. The van der Waals surface area contributed by atoms with Crippen LogP contribution < -0.4 is 5.32 Å². The summed E-state index contributed by atoms with van der Waals surface area (Å²) in [7, 11) is 0. The molecule has 0 saturated heterocycles. The molecule has 0 spiro atoms. The maximum absolute atomic E-state index is 9.00. The zero-order valence-corrected chi connectivity index (χ0v) is 8.47. The molecule has 0 fully saturated rings. The summed E-state index contributed by atoms with van der Waals surface area (Å²) in [6.45, 7) is 3.81. The van der Waals surface area contributed by atoms with Gasteiger partial charge < -0.3 is 10.4 Å². The van der Waals surface area contributed by atoms with Crippen molar-refractivity contribution >= 4 is 17.4 Å². The van der Waals surface area contributed by atoms with Crippen LogP contribution in [0.5, 0.6) is 0 Å². The van der Waals surface area contributed by atoms with E-state index in [4.69, 9.17) is 16.7 Å². The third-order valence-electron chi connectivity index (χ3n) is 1.58. The molecule has 1 aromatic heterocycles. The van der Waals surface area contributed by atoms with Gasteiger partial charge in [-0.15, -0.1) is 0 Å². The van der Waals surface area contributed by atoms with Gasteiger partial charge >= 0.3 is 0 Å². The van der Waals surface area contributed by atoms with Gasteiger partial charge in [-0.3, -0.25) is 0 Å². The molecule has 1 aromatic rings. The van der Waals surface area contributed by atoms with E-state index in [0.717, 1.165) is 0 Å². The fourth-order valence-corrected chi connectivity index (χ4v) is 1.03. The molecule has 4 heteroatoms. The number of rotatable bonds is 3. The number of aliphatic hydroxyl groups is 1. The van der Waals surface area contributed by atoms with E-state index >= 15 is 0 Å². The molecule has 1 heterocycles. The van der Waals surface area contributed by atoms with Crippen molar-refractivity contribution in [2.24, 2.45) is 0 Å². The zero-order valence-electron chi connectivity index (χ0n) is 7.71. The minimum absolute atomic E-state index is 0.0429. The van der Waals surface area contributed by atoms with E-state index in [-0.39, 0.29) is 12.1 Å². The van der Waals surface area contributed by atoms with Crippen LogP contribution in [0.4, 0.5) is 5.82 Å². The van der Waals surface area contributed by atoms with Crippen molar-refractivity contribution in [2.45, 2.75) is 19.4 Å². The first-order chi connectivity index (χ1) is 6.03. The summed E-state index contributed by atoms with van der Waals surface area (Å²) in [6, 6.07) is 5.33. The van der Waals surface area contributed by atoms with Gasteiger partial charge in [-0.2, -0.15) is 0 Å². The third-order valence-corrected chi connectivity index (χ3v) is 1.79. The molecule has 0 aromatic carbocycles. The average Bonchev–Trinajstić information content (AvgIpc) is 2.03. The first-order valence-corrected chi connectivity index (χ1v) is 4.43. The Labute approximate surface area is 82.8 Å². The molecular weight excluding hydrogens is 188 g/mol. The van der Waals surface area contributed by atoms with Crippen LogP contribution in [0.3, 0.4) is 0 Å². The number of aromatic nitrogens is 1. The Balaban J connectivity index is 2.74. The second-order valence-corrected chi connectivity index (χ2v) is 3.90. The molecule has 0 atom stereocenters. The van der Waals surface area contributed by atoms with Gasteiger partial charge in [0.05, 0.1) is 12.1 Å². The van der Waals surface area contributed by atoms with Crippen LogP contribution in [0.15, 0.2) is 18.2 Å². The standard InChI is InChI=1S/C9H13ClN2O/c1-9(2,6-13)12-8-5-3-4-7(10)11-8/h3-5,13H,6H2,1-2H3,(H,11,12). The van der Waals surface area contributed by atoms with Crippen molar-refractivity contribution in [2.75, 3.05) is 11.9 Å². The second kappa shape index (κ2) is 3.94. The molecule has 0 aliphatic rings. The van der Waals surface area contributed by atoms with Crippen LogP contribution in [-0.4, -0.2) is 22.2 Å². The Morgan fingerprint density at radius 3 is 2.77 bits per heavy atom. The van der Waals surface area contributed by atoms with Crippen molar-refractivity contribution in [3.05, 3.63) is 23.4 Å². The summed E-state index contributed by atoms with van der Waals surface area (Å²) in [5.41, 5.74) is -0.377. The number of nitrogens with zero attached hydrogens (tertiary/aromatic N) is 1. The van der Waals surface area contributed by atoms with E-state index in [1.807, 2.05) is 26.0 Å². The minimum Gasteiger partial charge on any atom is -0.394 e. The van der Waals surface area contributed by atoms with E-state index in [9.17, 15) is 0 Å². The van der Waals surface area contributed by atoms with E-state index in [1.54, 1.807) is 6.07 Å². The predicted octanol–water partition coefficient (Wildman–Crippen LogP) is 1.92. The molecule has 0 amide bonds. The lowest BCUT2D eigenvalue weighted by atomic mass is 10.1. The molecule has 0 aliphatic heterocycles. The van der Waals surface area contributed by atoms with Crippen LogP contribution in [0.25, 0.3) is 0 Å². The van der Waals surface area contributed by atoms with Gasteiger partial charge in [-0.1, -0.05) is 17.7 Å². The molecular formula is C9H13ClN2O. The first-order valence-electron chi connectivity index (χ1n) is 4.05. The third kappa shape index (κ3) is 3.20. The zero-order chi connectivity index (χ0) is 9.90. The van der Waals surface area contributed by atoms with Gasteiger partial charge in [0.15, 0.2) is 0 Å². The quantitative estimate of drug-likeness (QED) is 0.733. The first kappa shape index (κ1) is 10.3. The summed E-state index contributed by atoms with van der Waals surface area (Å²) in [5.74, 6) is 0.673. The molecule has 72 valence electrons. The highest BCUT2D eigenvalue weighted by Crippen LogP contribution is 2.14. The highest BCUT2D eigenvalue weighted by Gasteiger charge is 2.15. The van der Waals surface area contributed by atoms with Crippen LogP contribution in [0.1, 0.15) is 13.8 Å². The Morgan fingerprint density at radius 1 is 1.54 bits per heavy atom. The van der Waals surface area contributed by atoms with Gasteiger partial charge in [0.1, 0.15) is 11.0 Å². The largest absolute Gasteiger partial charge is 0.394 e. The summed E-state index contributed by atoms with van der Waals surface area (Å²) in [6.07, 6.45) is 0. The SMILES string of the molecule is CC(C)(CO)Nc1cccc(Cl)n1. The Bertz CT molecular complexity index is 289. The highest BCUT2D eigenvalue weighted by atomic mass is 35.5. The minimum atomic E-state index is -0.377. The van der Waals surface area contributed by atoms with E-state index < -0.39 is 0 Å². The molecule has 0 saturated carbocycles. The van der Waals surface area contributed by atoms with Crippen molar-refractivity contribution in [1.82, 2.24) is 4.98 Å². The molecule has 13 heavy (non-hydrogen) atoms. The summed E-state index contributed by atoms with van der Waals surface area (Å²) < 4.78 is 0. The van der Waals surface area contributed by atoms with Crippen LogP contribution in [0.2, 0.25) is 5.15 Å². The monoisotopic (exact) mass is 200 g/mol. The normalized spacial score (nSPS) is 11.4. The van der Waals surface area contributed by atoms with Gasteiger partial charge in [-0.05, 0) is 26.0 Å². The number of nitrogens with one attached hydrogen (secondary N) is 1. The number of hydrogen-bond donors (Lipinski definition) is 2. The number of anilines is 1. The number of halogens is 1. The van der Waals surface area contributed by atoms with Crippen molar-refractivity contribution in [1.29, 1.82) is 0 Å². The van der Waals surface area contributed by atoms with Crippen molar-refractivity contribution in [3.63, 3.8) is 0 Å². The lowest BCUT2D eigenvalue weighted by Gasteiger charge is -2.23. The second-order valence-electron chi connectivity index (χ2n) is 3.51. The average molecular weight is 201 g/mol. The number of aliphatic hydroxyl groups excluding tert-OH is 1. The van der Waals surface area contributed by atoms with E-state index in [1.165, 1.54) is 0 Å². The van der Waals surface area contributed by atoms with Gasteiger partial charge in [0, 0.05) is 0 Å². The summed E-state index contributed by atoms with van der Waals surface area (Å²) in [4.78, 5) is 4.05. The Hall–Kier alpha value is -0.800. The Morgan fingerprint density at radius 2 is 2.23 bits per heavy atom. The topological polar surface area (TPSA) is 45.1 Å². The van der Waals surface area contributed by atoms with E-state index in [0.29, 0.717) is 11.0 Å². The molecule has 1 rings (SSSR count).